The second-order valence-corrected chi connectivity index (χ2v) is 9.05. The lowest BCUT2D eigenvalue weighted by Crippen LogP contribution is -2.16. The second kappa shape index (κ2) is 9.42. The molecule has 0 unspecified atom stereocenters. The zero-order valence-corrected chi connectivity index (χ0v) is 20.0. The predicted molar refractivity (Wildman–Crippen MR) is 130 cm³/mol. The average molecular weight is 474 g/mol. The Morgan fingerprint density at radius 3 is 2.69 bits per heavy atom. The number of carbonyl (C=O) groups is 1. The minimum atomic E-state index is -0.151. The van der Waals surface area contributed by atoms with Crippen molar-refractivity contribution < 1.29 is 19.3 Å². The molecule has 0 saturated carbocycles. The van der Waals surface area contributed by atoms with Crippen molar-refractivity contribution >= 4 is 17.1 Å². The van der Waals surface area contributed by atoms with E-state index < -0.39 is 0 Å². The van der Waals surface area contributed by atoms with E-state index in [4.69, 9.17) is 9.37 Å². The van der Waals surface area contributed by atoms with E-state index in [0.29, 0.717) is 42.7 Å². The first-order valence-electron chi connectivity index (χ1n) is 11.7. The van der Waals surface area contributed by atoms with Crippen LogP contribution in [0.15, 0.2) is 35.0 Å². The van der Waals surface area contributed by atoms with Crippen molar-refractivity contribution in [3.63, 3.8) is 0 Å². The number of fused-ring (bicyclic) bond motifs is 4. The van der Waals surface area contributed by atoms with Gasteiger partial charge in [0.15, 0.2) is 5.78 Å². The molecule has 2 aromatic carbocycles. The number of carbonyl (C=O) groups excluding carboxylic acids is 1. The summed E-state index contributed by atoms with van der Waals surface area (Å²) < 4.78 is 11.0. The highest BCUT2D eigenvalue weighted by molar-refractivity contribution is 5.98. The van der Waals surface area contributed by atoms with Crippen LogP contribution in [0.25, 0.3) is 22.6 Å². The SMILES string of the molecule is CC(=O)c1c(O)cccc1CCc1c(OCCCN(C)C)ccc2c1Cc1nc3nonc3nc1-2. The van der Waals surface area contributed by atoms with Crippen LogP contribution in [0.4, 0.5) is 0 Å². The highest BCUT2D eigenvalue weighted by Crippen LogP contribution is 2.41. The number of aromatic nitrogens is 4. The van der Waals surface area contributed by atoms with Gasteiger partial charge in [0.2, 0.25) is 11.3 Å². The van der Waals surface area contributed by atoms with Crippen molar-refractivity contribution in [2.45, 2.75) is 32.6 Å². The Labute approximate surface area is 202 Å². The van der Waals surface area contributed by atoms with Crippen molar-refractivity contribution in [3.8, 4) is 22.8 Å². The number of hydrogen-bond donors (Lipinski definition) is 1. The Morgan fingerprint density at radius 2 is 1.91 bits per heavy atom. The summed E-state index contributed by atoms with van der Waals surface area (Å²) >= 11 is 0. The molecule has 2 heterocycles. The third-order valence-corrected chi connectivity index (χ3v) is 6.31. The van der Waals surface area contributed by atoms with Gasteiger partial charge in [-0.1, -0.05) is 12.1 Å². The van der Waals surface area contributed by atoms with Crippen molar-refractivity contribution in [2.24, 2.45) is 0 Å². The van der Waals surface area contributed by atoms with E-state index in [1.807, 2.05) is 32.3 Å². The average Bonchev–Trinajstić information content (AvgIpc) is 3.42. The number of ketones is 1. The number of phenolic OH excluding ortho intramolecular Hbond substituents is 1. The van der Waals surface area contributed by atoms with Gasteiger partial charge in [-0.3, -0.25) is 4.79 Å². The lowest BCUT2D eigenvalue weighted by molar-refractivity contribution is 0.101. The molecule has 0 saturated heterocycles. The van der Waals surface area contributed by atoms with Gasteiger partial charge in [-0.2, -0.15) is 0 Å². The number of aromatic hydroxyl groups is 1. The molecule has 9 heteroatoms. The Kier molecular flexibility index (Phi) is 6.17. The summed E-state index contributed by atoms with van der Waals surface area (Å²) in [4.78, 5) is 23.6. The summed E-state index contributed by atoms with van der Waals surface area (Å²) in [7, 11) is 4.09. The largest absolute Gasteiger partial charge is 0.507 e. The lowest BCUT2D eigenvalue weighted by atomic mass is 9.93. The molecular weight excluding hydrogens is 446 g/mol. The maximum Gasteiger partial charge on any atom is 0.243 e. The minimum Gasteiger partial charge on any atom is -0.507 e. The standard InChI is InChI=1S/C26H27N5O4/c1-15(32)23-16(6-4-7-21(23)33)8-9-17-19-14-20-24(28-26-25(27-20)29-35-30-26)18(19)10-11-22(17)34-13-5-12-31(2)3/h4,6-7,10-11,33H,5,8-9,12-14H2,1-3H3. The maximum absolute atomic E-state index is 12.2. The molecule has 4 aromatic rings. The number of ether oxygens (including phenoxy) is 1. The number of rotatable bonds is 9. The third-order valence-electron chi connectivity index (χ3n) is 6.31. The van der Waals surface area contributed by atoms with E-state index in [9.17, 15) is 9.90 Å². The first-order valence-corrected chi connectivity index (χ1v) is 11.7. The van der Waals surface area contributed by atoms with Gasteiger partial charge >= 0.3 is 0 Å². The molecule has 0 atom stereocenters. The summed E-state index contributed by atoms with van der Waals surface area (Å²) in [5.74, 6) is 0.685. The normalized spacial score (nSPS) is 12.2. The van der Waals surface area contributed by atoms with Gasteiger partial charge in [0.05, 0.1) is 23.6 Å². The summed E-state index contributed by atoms with van der Waals surface area (Å²) in [5, 5.41) is 17.9. The molecule has 5 rings (SSSR count). The number of Topliss-reactive ketones (excluding diaryl/α,β-unsaturated/α-hetero) is 1. The zero-order chi connectivity index (χ0) is 24.5. The van der Waals surface area contributed by atoms with Crippen LogP contribution in [-0.4, -0.2) is 63.3 Å². The molecule has 0 radical (unpaired) electrons. The molecule has 2 aromatic heterocycles. The third kappa shape index (κ3) is 4.46. The molecule has 180 valence electrons. The molecule has 35 heavy (non-hydrogen) atoms. The highest BCUT2D eigenvalue weighted by atomic mass is 16.6. The summed E-state index contributed by atoms with van der Waals surface area (Å²) in [6.45, 7) is 3.01. The number of benzene rings is 2. The smallest absolute Gasteiger partial charge is 0.243 e. The number of phenols is 1. The van der Waals surface area contributed by atoms with Gasteiger partial charge in [0.1, 0.15) is 11.5 Å². The van der Waals surface area contributed by atoms with Crippen LogP contribution in [0, 0.1) is 0 Å². The van der Waals surface area contributed by atoms with Crippen molar-refractivity contribution in [1.82, 2.24) is 25.2 Å². The van der Waals surface area contributed by atoms with Crippen LogP contribution >= 0.6 is 0 Å². The van der Waals surface area contributed by atoms with Crippen LogP contribution in [0.1, 0.15) is 46.1 Å². The van der Waals surface area contributed by atoms with Crippen molar-refractivity contribution in [1.29, 1.82) is 0 Å². The minimum absolute atomic E-state index is 0.0125. The fourth-order valence-corrected chi connectivity index (χ4v) is 4.71. The molecule has 0 spiro atoms. The molecule has 1 aliphatic carbocycles. The second-order valence-electron chi connectivity index (χ2n) is 9.05. The topological polar surface area (TPSA) is 114 Å². The van der Waals surface area contributed by atoms with Crippen LogP contribution in [0.3, 0.4) is 0 Å². The van der Waals surface area contributed by atoms with Gasteiger partial charge < -0.3 is 14.7 Å². The van der Waals surface area contributed by atoms with Gasteiger partial charge in [0.25, 0.3) is 0 Å². The molecule has 1 N–H and O–H groups in total. The van der Waals surface area contributed by atoms with E-state index in [2.05, 4.69) is 25.2 Å². The first kappa shape index (κ1) is 22.9. The van der Waals surface area contributed by atoms with Crippen molar-refractivity contribution in [3.05, 3.63) is 58.3 Å². The number of aryl methyl sites for hydroxylation is 1. The Hall–Kier alpha value is -3.85. The summed E-state index contributed by atoms with van der Waals surface area (Å²) in [6.07, 6.45) is 2.73. The molecule has 0 bridgehead atoms. The highest BCUT2D eigenvalue weighted by Gasteiger charge is 2.28. The Bertz CT molecular complexity index is 1410. The Balaban J connectivity index is 1.50. The molecule has 9 nitrogen and oxygen atoms in total. The van der Waals surface area contributed by atoms with E-state index in [1.165, 1.54) is 6.92 Å². The van der Waals surface area contributed by atoms with E-state index in [1.54, 1.807) is 12.1 Å². The molecule has 0 amide bonds. The molecule has 0 aliphatic heterocycles. The van der Waals surface area contributed by atoms with Gasteiger partial charge in [-0.15, -0.1) is 0 Å². The Morgan fingerprint density at radius 1 is 1.11 bits per heavy atom. The van der Waals surface area contributed by atoms with Gasteiger partial charge in [-0.25, -0.2) is 14.6 Å². The lowest BCUT2D eigenvalue weighted by Gasteiger charge is -2.17. The first-order chi connectivity index (χ1) is 16.9. The number of hydrogen-bond acceptors (Lipinski definition) is 9. The monoisotopic (exact) mass is 473 g/mol. The fourth-order valence-electron chi connectivity index (χ4n) is 4.71. The van der Waals surface area contributed by atoms with Crippen LogP contribution < -0.4 is 4.74 Å². The number of nitrogens with zero attached hydrogens (tertiary/aromatic N) is 5. The molecular formula is C26H27N5O4. The molecule has 1 aliphatic rings. The maximum atomic E-state index is 12.2. The van der Waals surface area contributed by atoms with Crippen LogP contribution in [0.2, 0.25) is 0 Å². The van der Waals surface area contributed by atoms with E-state index in [0.717, 1.165) is 52.4 Å². The van der Waals surface area contributed by atoms with Gasteiger partial charge in [0, 0.05) is 18.5 Å². The fraction of sp³-hybridized carbons (Fsp3) is 0.346. The predicted octanol–water partition coefficient (Wildman–Crippen LogP) is 3.61. The van der Waals surface area contributed by atoms with Crippen LogP contribution in [-0.2, 0) is 19.3 Å². The van der Waals surface area contributed by atoms with E-state index >= 15 is 0 Å². The summed E-state index contributed by atoms with van der Waals surface area (Å²) in [6, 6.07) is 9.22. The van der Waals surface area contributed by atoms with Crippen LogP contribution in [0.5, 0.6) is 11.5 Å². The quantitative estimate of drug-likeness (QED) is 0.253. The molecule has 0 fully saturated rings. The van der Waals surface area contributed by atoms with Crippen molar-refractivity contribution in [2.75, 3.05) is 27.2 Å². The zero-order valence-electron chi connectivity index (χ0n) is 20.0. The van der Waals surface area contributed by atoms with E-state index in [-0.39, 0.29) is 11.5 Å². The summed E-state index contributed by atoms with van der Waals surface area (Å²) in [5.41, 5.74) is 6.75. The van der Waals surface area contributed by atoms with Gasteiger partial charge in [-0.05, 0) is 85.5 Å².